The molecule has 0 heterocycles. The molecule has 0 aromatic rings. The Balaban J connectivity index is 3.24. The van der Waals surface area contributed by atoms with Crippen molar-refractivity contribution in [1.82, 2.24) is 0 Å². The normalized spacial score (nSPS) is 14.2. The molecule has 0 nitrogen and oxygen atoms in total. The van der Waals surface area contributed by atoms with Gasteiger partial charge >= 0.3 is 6.00 Å². The van der Waals surface area contributed by atoms with Crippen LogP contribution in [0.3, 0.4) is 0 Å². The molecule has 1 unspecified atom stereocenters. The molecule has 0 aliphatic rings. The molecule has 0 saturated carbocycles. The van der Waals surface area contributed by atoms with E-state index < -0.39 is 11.8 Å². The Bertz CT molecular complexity index is 150. The highest BCUT2D eigenvalue weighted by molar-refractivity contribution is 7.65. The van der Waals surface area contributed by atoms with E-state index in [9.17, 15) is 4.39 Å². The van der Waals surface area contributed by atoms with Crippen LogP contribution in [0, 0.1) is 0 Å². The molecule has 0 bridgehead atoms. The van der Waals surface area contributed by atoms with E-state index in [1.54, 1.807) is 0 Å². The zero-order chi connectivity index (χ0) is 11.7. The lowest BCUT2D eigenvalue weighted by atomic mass is 10.1. The van der Waals surface area contributed by atoms with Crippen molar-refractivity contribution in [2.75, 3.05) is 0 Å². The summed E-state index contributed by atoms with van der Waals surface area (Å²) in [5.74, 6) is -1.20. The average molecular weight is 294 g/mol. The second-order valence-corrected chi connectivity index (χ2v) is 12.7. The van der Waals surface area contributed by atoms with Crippen molar-refractivity contribution in [3.8, 4) is 0 Å². The third-order valence-electron chi connectivity index (χ3n) is 2.42. The summed E-state index contributed by atoms with van der Waals surface area (Å²) in [6, 6.07) is -3.09. The van der Waals surface area contributed by atoms with Crippen LogP contribution < -0.4 is 0 Å². The molecular formula is C10H20Cl3FSi. The van der Waals surface area contributed by atoms with Crippen molar-refractivity contribution in [3.05, 3.63) is 0 Å². The van der Waals surface area contributed by atoms with E-state index in [0.29, 0.717) is 6.42 Å². The third-order valence-corrected chi connectivity index (χ3v) is 5.55. The van der Waals surface area contributed by atoms with Crippen LogP contribution in [0.15, 0.2) is 0 Å². The standard InChI is InChI=1S/C10H20Cl3FSi/c1-2-3-4-5-6-7-8-9-10(14)15(11,12)13/h10H,2-9H2,1H3. The Morgan fingerprint density at radius 3 is 1.87 bits per heavy atom. The van der Waals surface area contributed by atoms with E-state index in [1.807, 2.05) is 0 Å². The van der Waals surface area contributed by atoms with Crippen LogP contribution in [0.1, 0.15) is 58.3 Å². The Morgan fingerprint density at radius 1 is 0.933 bits per heavy atom. The van der Waals surface area contributed by atoms with Gasteiger partial charge in [0.1, 0.15) is 5.79 Å². The summed E-state index contributed by atoms with van der Waals surface area (Å²) >= 11 is 16.7. The number of unbranched alkanes of at least 4 members (excludes halogenated alkanes) is 6. The van der Waals surface area contributed by atoms with Crippen LogP contribution in [-0.2, 0) is 0 Å². The largest absolute Gasteiger partial charge is 0.374 e. The molecule has 0 fully saturated rings. The van der Waals surface area contributed by atoms with E-state index >= 15 is 0 Å². The molecule has 5 heteroatoms. The molecular weight excluding hydrogens is 274 g/mol. The molecule has 0 rings (SSSR count). The predicted molar refractivity (Wildman–Crippen MR) is 70.8 cm³/mol. The van der Waals surface area contributed by atoms with E-state index in [4.69, 9.17) is 33.2 Å². The summed E-state index contributed by atoms with van der Waals surface area (Å²) in [6.07, 6.45) is 8.57. The van der Waals surface area contributed by atoms with Gasteiger partial charge in [0, 0.05) is 0 Å². The lowest BCUT2D eigenvalue weighted by molar-refractivity contribution is 0.397. The first-order chi connectivity index (χ1) is 6.98. The maximum atomic E-state index is 13.2. The average Bonchev–Trinajstić information content (AvgIpc) is 2.14. The number of hydrogen-bond acceptors (Lipinski definition) is 0. The molecule has 15 heavy (non-hydrogen) atoms. The number of halogens is 4. The smallest absolute Gasteiger partial charge is 0.247 e. The van der Waals surface area contributed by atoms with E-state index in [2.05, 4.69) is 6.92 Å². The quantitative estimate of drug-likeness (QED) is 0.292. The van der Waals surface area contributed by atoms with Crippen LogP contribution in [0.2, 0.25) is 0 Å². The monoisotopic (exact) mass is 292 g/mol. The number of hydrogen-bond donors (Lipinski definition) is 0. The fourth-order valence-electron chi connectivity index (χ4n) is 1.44. The second-order valence-electron chi connectivity index (χ2n) is 3.92. The summed E-state index contributed by atoms with van der Waals surface area (Å²) in [4.78, 5) is 0. The number of alkyl halides is 1. The third kappa shape index (κ3) is 9.92. The zero-order valence-corrected chi connectivity index (χ0v) is 12.5. The molecule has 0 aliphatic carbocycles. The fraction of sp³-hybridized carbons (Fsp3) is 1.00. The van der Waals surface area contributed by atoms with Gasteiger partial charge < -0.3 is 0 Å². The van der Waals surface area contributed by atoms with E-state index in [-0.39, 0.29) is 0 Å². The minimum Gasteiger partial charge on any atom is -0.247 e. The minimum absolute atomic E-state index is 0.413. The van der Waals surface area contributed by atoms with Gasteiger partial charge in [0.2, 0.25) is 0 Å². The summed E-state index contributed by atoms with van der Waals surface area (Å²) in [5, 5.41) is 0. The second kappa shape index (κ2) is 9.09. The highest BCUT2D eigenvalue weighted by Crippen LogP contribution is 2.29. The molecule has 92 valence electrons. The fourth-order valence-corrected chi connectivity index (χ4v) is 2.96. The van der Waals surface area contributed by atoms with Gasteiger partial charge in [-0.3, -0.25) is 0 Å². The highest BCUT2D eigenvalue weighted by Gasteiger charge is 2.36. The first-order valence-corrected chi connectivity index (χ1v) is 10.8. The van der Waals surface area contributed by atoms with Crippen LogP contribution in [-0.4, -0.2) is 11.8 Å². The topological polar surface area (TPSA) is 0 Å². The van der Waals surface area contributed by atoms with Crippen molar-refractivity contribution in [2.24, 2.45) is 0 Å². The SMILES string of the molecule is CCCCCCCCCC(F)[Si](Cl)(Cl)Cl. The van der Waals surface area contributed by atoms with Crippen molar-refractivity contribution < 1.29 is 4.39 Å². The van der Waals surface area contributed by atoms with Gasteiger partial charge in [-0.25, -0.2) is 4.39 Å². The Kier molecular flexibility index (Phi) is 9.71. The molecule has 0 aromatic heterocycles. The lowest BCUT2D eigenvalue weighted by Crippen LogP contribution is -2.26. The predicted octanol–water partition coefficient (Wildman–Crippen LogP) is 5.66. The minimum atomic E-state index is -3.09. The van der Waals surface area contributed by atoms with Crippen molar-refractivity contribution in [1.29, 1.82) is 0 Å². The summed E-state index contributed by atoms with van der Waals surface area (Å²) in [6.45, 7) is 2.19. The van der Waals surface area contributed by atoms with Crippen molar-refractivity contribution in [2.45, 2.75) is 64.1 Å². The maximum Gasteiger partial charge on any atom is 0.374 e. The molecule has 0 spiro atoms. The molecule has 0 aromatic carbocycles. The van der Waals surface area contributed by atoms with Gasteiger partial charge in [0.05, 0.1) is 0 Å². The molecule has 0 amide bonds. The van der Waals surface area contributed by atoms with Gasteiger partial charge in [-0.05, 0) is 6.42 Å². The van der Waals surface area contributed by atoms with Gasteiger partial charge in [0.15, 0.2) is 0 Å². The maximum absolute atomic E-state index is 13.2. The lowest BCUT2D eigenvalue weighted by Gasteiger charge is -2.13. The summed E-state index contributed by atoms with van der Waals surface area (Å²) < 4.78 is 13.2. The highest BCUT2D eigenvalue weighted by atomic mass is 35.8. The molecule has 1 atom stereocenters. The van der Waals surface area contributed by atoms with Crippen molar-refractivity contribution in [3.63, 3.8) is 0 Å². The Hall–Kier alpha value is 1.02. The molecule has 0 N–H and O–H groups in total. The van der Waals surface area contributed by atoms with Crippen LogP contribution in [0.5, 0.6) is 0 Å². The van der Waals surface area contributed by atoms with E-state index in [1.165, 1.54) is 32.1 Å². The Morgan fingerprint density at radius 2 is 1.40 bits per heavy atom. The van der Waals surface area contributed by atoms with Crippen molar-refractivity contribution >= 4 is 39.2 Å². The molecule has 0 radical (unpaired) electrons. The first kappa shape index (κ1) is 16.0. The molecule has 0 saturated heterocycles. The van der Waals surface area contributed by atoms with Gasteiger partial charge in [-0.1, -0.05) is 51.9 Å². The molecule has 0 aliphatic heterocycles. The van der Waals surface area contributed by atoms with E-state index in [0.717, 1.165) is 12.8 Å². The van der Waals surface area contributed by atoms with Gasteiger partial charge in [-0.2, -0.15) is 0 Å². The van der Waals surface area contributed by atoms with Gasteiger partial charge in [0.25, 0.3) is 0 Å². The summed E-state index contributed by atoms with van der Waals surface area (Å²) in [7, 11) is 0. The zero-order valence-electron chi connectivity index (χ0n) is 9.25. The van der Waals surface area contributed by atoms with Gasteiger partial charge in [-0.15, -0.1) is 33.2 Å². The number of rotatable bonds is 9. The first-order valence-electron chi connectivity index (χ1n) is 5.69. The summed E-state index contributed by atoms with van der Waals surface area (Å²) in [5.41, 5.74) is 0. The van der Waals surface area contributed by atoms with Crippen LogP contribution >= 0.6 is 33.2 Å². The Labute approximate surface area is 108 Å². The van der Waals surface area contributed by atoms with Crippen LogP contribution in [0.4, 0.5) is 4.39 Å². The van der Waals surface area contributed by atoms with Crippen LogP contribution in [0.25, 0.3) is 0 Å².